The van der Waals surface area contributed by atoms with Crippen LogP contribution in [0.25, 0.3) is 17.0 Å². The maximum absolute atomic E-state index is 6.16. The fourth-order valence-corrected chi connectivity index (χ4v) is 2.08. The fourth-order valence-electron chi connectivity index (χ4n) is 1.87. The van der Waals surface area contributed by atoms with E-state index in [9.17, 15) is 0 Å². The van der Waals surface area contributed by atoms with Crippen LogP contribution in [0, 0.1) is 0 Å². The number of halogens is 1. The molecular weight excluding hydrogens is 218 g/mol. The van der Waals surface area contributed by atoms with Gasteiger partial charge in [0.15, 0.2) is 0 Å². The summed E-state index contributed by atoms with van der Waals surface area (Å²) in [5.74, 6) is 0.452. The van der Waals surface area contributed by atoms with Gasteiger partial charge in [0.2, 0.25) is 0 Å². The molecule has 0 aliphatic rings. The second-order valence-electron chi connectivity index (χ2n) is 4.15. The second kappa shape index (κ2) is 4.26. The highest BCUT2D eigenvalue weighted by Gasteiger charge is 2.08. The van der Waals surface area contributed by atoms with Gasteiger partial charge in [0.1, 0.15) is 0 Å². The highest BCUT2D eigenvalue weighted by atomic mass is 35.5. The minimum absolute atomic E-state index is 0.452. The highest BCUT2D eigenvalue weighted by Crippen LogP contribution is 2.29. The molecule has 1 nitrogen and oxygen atoms in total. The molecule has 0 aliphatic heterocycles. The van der Waals surface area contributed by atoms with Gasteiger partial charge >= 0.3 is 0 Å². The standard InChI is InChI=1S/C14H14ClN/c1-4-10-7-14-12(8-11(10)9(2)3)13(15)5-6-16-14/h4-9H,1H2,2-3H3. The minimum Gasteiger partial charge on any atom is -0.256 e. The average Bonchev–Trinajstić information content (AvgIpc) is 2.27. The molecular formula is C14H14ClN. The molecule has 0 fully saturated rings. The Morgan fingerprint density at radius 1 is 1.38 bits per heavy atom. The lowest BCUT2D eigenvalue weighted by atomic mass is 9.95. The SMILES string of the molecule is C=Cc1cc2nccc(Cl)c2cc1C(C)C. The molecule has 0 bridgehead atoms. The van der Waals surface area contributed by atoms with E-state index in [2.05, 4.69) is 31.5 Å². The summed E-state index contributed by atoms with van der Waals surface area (Å²) in [5, 5.41) is 1.76. The lowest BCUT2D eigenvalue weighted by Gasteiger charge is -2.12. The first-order valence-corrected chi connectivity index (χ1v) is 5.72. The summed E-state index contributed by atoms with van der Waals surface area (Å²) in [4.78, 5) is 4.32. The molecule has 2 rings (SSSR count). The lowest BCUT2D eigenvalue weighted by molar-refractivity contribution is 0.866. The van der Waals surface area contributed by atoms with E-state index in [4.69, 9.17) is 11.6 Å². The summed E-state index contributed by atoms with van der Waals surface area (Å²) in [6.45, 7) is 8.17. The van der Waals surface area contributed by atoms with E-state index in [1.807, 2.05) is 18.2 Å². The molecule has 0 spiro atoms. The second-order valence-corrected chi connectivity index (χ2v) is 4.56. The van der Waals surface area contributed by atoms with Gasteiger partial charge in [-0.3, -0.25) is 4.98 Å². The lowest BCUT2D eigenvalue weighted by Crippen LogP contribution is -1.93. The molecule has 0 N–H and O–H groups in total. The van der Waals surface area contributed by atoms with E-state index >= 15 is 0 Å². The van der Waals surface area contributed by atoms with E-state index < -0.39 is 0 Å². The van der Waals surface area contributed by atoms with Crippen molar-refractivity contribution in [3.8, 4) is 0 Å². The molecule has 0 radical (unpaired) electrons. The smallest absolute Gasteiger partial charge is 0.0723 e. The Kier molecular flexibility index (Phi) is 2.97. The maximum atomic E-state index is 6.16. The molecule has 16 heavy (non-hydrogen) atoms. The Morgan fingerprint density at radius 3 is 2.75 bits per heavy atom. The topological polar surface area (TPSA) is 12.9 Å². The summed E-state index contributed by atoms with van der Waals surface area (Å²) >= 11 is 6.16. The summed E-state index contributed by atoms with van der Waals surface area (Å²) in [5.41, 5.74) is 3.32. The van der Waals surface area contributed by atoms with E-state index in [1.165, 1.54) is 5.56 Å². The maximum Gasteiger partial charge on any atom is 0.0723 e. The molecule has 2 heteroatoms. The molecule has 0 unspecified atom stereocenters. The molecule has 0 saturated heterocycles. The van der Waals surface area contributed by atoms with E-state index in [0.29, 0.717) is 5.92 Å². The van der Waals surface area contributed by atoms with Crippen LogP contribution >= 0.6 is 11.6 Å². The zero-order valence-corrected chi connectivity index (χ0v) is 10.3. The van der Waals surface area contributed by atoms with Gasteiger partial charge in [0.05, 0.1) is 10.5 Å². The predicted molar refractivity (Wildman–Crippen MR) is 70.9 cm³/mol. The van der Waals surface area contributed by atoms with Crippen molar-refractivity contribution >= 4 is 28.6 Å². The number of rotatable bonds is 2. The summed E-state index contributed by atoms with van der Waals surface area (Å²) in [6, 6.07) is 5.98. The highest BCUT2D eigenvalue weighted by molar-refractivity contribution is 6.35. The molecule has 1 heterocycles. The number of hydrogen-bond donors (Lipinski definition) is 0. The van der Waals surface area contributed by atoms with Crippen molar-refractivity contribution in [1.82, 2.24) is 4.98 Å². The number of aromatic nitrogens is 1. The Labute approximate surface area is 101 Å². The first kappa shape index (κ1) is 11.2. The molecule has 0 saturated carbocycles. The number of pyridine rings is 1. The Balaban J connectivity index is 2.81. The normalized spacial score (nSPS) is 11.0. The van der Waals surface area contributed by atoms with Gasteiger partial charge in [-0.2, -0.15) is 0 Å². The molecule has 0 atom stereocenters. The number of nitrogens with zero attached hydrogens (tertiary/aromatic N) is 1. The van der Waals surface area contributed by atoms with Crippen LogP contribution in [0.5, 0.6) is 0 Å². The van der Waals surface area contributed by atoms with Crippen LogP contribution in [-0.2, 0) is 0 Å². The molecule has 82 valence electrons. The van der Waals surface area contributed by atoms with Crippen molar-refractivity contribution in [2.24, 2.45) is 0 Å². The van der Waals surface area contributed by atoms with Crippen LogP contribution in [-0.4, -0.2) is 4.98 Å². The van der Waals surface area contributed by atoms with Crippen molar-refractivity contribution in [3.63, 3.8) is 0 Å². The van der Waals surface area contributed by atoms with Gasteiger partial charge in [0.25, 0.3) is 0 Å². The Morgan fingerprint density at radius 2 is 2.12 bits per heavy atom. The third-order valence-corrected chi connectivity index (χ3v) is 3.06. The van der Waals surface area contributed by atoms with E-state index in [1.54, 1.807) is 6.20 Å². The molecule has 1 aromatic carbocycles. The average molecular weight is 232 g/mol. The van der Waals surface area contributed by atoms with Crippen LogP contribution in [0.15, 0.2) is 31.0 Å². The third kappa shape index (κ3) is 1.83. The van der Waals surface area contributed by atoms with Gasteiger partial charge in [-0.25, -0.2) is 0 Å². The quantitative estimate of drug-likeness (QED) is 0.733. The first-order valence-electron chi connectivity index (χ1n) is 5.34. The zero-order chi connectivity index (χ0) is 11.7. The Bertz CT molecular complexity index is 544. The third-order valence-electron chi connectivity index (χ3n) is 2.74. The van der Waals surface area contributed by atoms with Crippen molar-refractivity contribution in [1.29, 1.82) is 0 Å². The molecule has 1 aromatic heterocycles. The van der Waals surface area contributed by atoms with Gasteiger partial charge in [-0.15, -0.1) is 0 Å². The summed E-state index contributed by atoms with van der Waals surface area (Å²) < 4.78 is 0. The van der Waals surface area contributed by atoms with Crippen LogP contribution in [0.2, 0.25) is 5.02 Å². The molecule has 0 aliphatic carbocycles. The summed E-state index contributed by atoms with van der Waals surface area (Å²) in [7, 11) is 0. The van der Waals surface area contributed by atoms with Crippen LogP contribution in [0.4, 0.5) is 0 Å². The number of benzene rings is 1. The number of hydrogen-bond acceptors (Lipinski definition) is 1. The van der Waals surface area contributed by atoms with Gasteiger partial charge in [-0.05, 0) is 35.2 Å². The zero-order valence-electron chi connectivity index (χ0n) is 9.50. The fraction of sp³-hybridized carbons (Fsp3) is 0.214. The van der Waals surface area contributed by atoms with Crippen LogP contribution < -0.4 is 0 Å². The van der Waals surface area contributed by atoms with Crippen molar-refractivity contribution in [3.05, 3.63) is 47.1 Å². The van der Waals surface area contributed by atoms with Crippen LogP contribution in [0.1, 0.15) is 30.9 Å². The number of fused-ring (bicyclic) bond motifs is 1. The molecule has 2 aromatic rings. The monoisotopic (exact) mass is 231 g/mol. The van der Waals surface area contributed by atoms with Crippen molar-refractivity contribution in [2.45, 2.75) is 19.8 Å². The van der Waals surface area contributed by atoms with E-state index in [0.717, 1.165) is 21.5 Å². The van der Waals surface area contributed by atoms with Crippen molar-refractivity contribution in [2.75, 3.05) is 0 Å². The van der Waals surface area contributed by atoms with Gasteiger partial charge < -0.3 is 0 Å². The van der Waals surface area contributed by atoms with Crippen molar-refractivity contribution < 1.29 is 0 Å². The Hall–Kier alpha value is -1.34. The first-order chi connectivity index (χ1) is 7.63. The van der Waals surface area contributed by atoms with Crippen LogP contribution in [0.3, 0.4) is 0 Å². The largest absolute Gasteiger partial charge is 0.256 e. The molecule has 0 amide bonds. The van der Waals surface area contributed by atoms with Gasteiger partial charge in [-0.1, -0.05) is 38.1 Å². The van der Waals surface area contributed by atoms with Gasteiger partial charge in [0, 0.05) is 11.6 Å². The summed E-state index contributed by atoms with van der Waals surface area (Å²) in [6.07, 6.45) is 3.60. The minimum atomic E-state index is 0.452. The van der Waals surface area contributed by atoms with E-state index in [-0.39, 0.29) is 0 Å². The predicted octanol–water partition coefficient (Wildman–Crippen LogP) is 4.65.